The Morgan fingerprint density at radius 2 is 2.07 bits per heavy atom. The number of nitrogen functional groups attached to an aromatic ring is 1. The molecule has 2 rings (SSSR count). The number of fused-ring (bicyclic) bond motifs is 1. The van der Waals surface area contributed by atoms with Crippen LogP contribution in [0.2, 0.25) is 0 Å². The summed E-state index contributed by atoms with van der Waals surface area (Å²) in [5.41, 5.74) is 7.31. The molecule has 1 aromatic heterocycles. The second kappa shape index (κ2) is 3.20. The monoisotopic (exact) mass is 213 g/mol. The Balaban J connectivity index is 2.78. The van der Waals surface area contributed by atoms with Gasteiger partial charge in [-0.25, -0.2) is 8.78 Å². The number of nitrogens with two attached hydrogens (primary N) is 1. The van der Waals surface area contributed by atoms with E-state index in [2.05, 4.69) is 0 Å². The van der Waals surface area contributed by atoms with E-state index in [9.17, 15) is 8.78 Å². The molecule has 0 atom stereocenters. The summed E-state index contributed by atoms with van der Waals surface area (Å²) in [6, 6.07) is 3.55. The molecular weight excluding hydrogens is 204 g/mol. The van der Waals surface area contributed by atoms with Gasteiger partial charge in [-0.2, -0.15) is 0 Å². The molecule has 2 aromatic rings. The van der Waals surface area contributed by atoms with Crippen LogP contribution in [0.5, 0.6) is 0 Å². The van der Waals surface area contributed by atoms with Crippen LogP contribution < -0.4 is 5.73 Å². The van der Waals surface area contributed by atoms with Crippen molar-refractivity contribution in [2.75, 3.05) is 5.73 Å². The third-order valence-electron chi connectivity index (χ3n) is 2.11. The highest BCUT2D eigenvalue weighted by Crippen LogP contribution is 2.36. The van der Waals surface area contributed by atoms with Crippen molar-refractivity contribution in [2.24, 2.45) is 0 Å². The van der Waals surface area contributed by atoms with Crippen LogP contribution in [0.15, 0.2) is 17.5 Å². The smallest absolute Gasteiger partial charge is 0.265 e. The van der Waals surface area contributed by atoms with E-state index in [-0.39, 0.29) is 5.56 Å². The van der Waals surface area contributed by atoms with Crippen molar-refractivity contribution in [3.8, 4) is 0 Å². The van der Waals surface area contributed by atoms with Crippen molar-refractivity contribution >= 4 is 27.1 Å². The van der Waals surface area contributed by atoms with E-state index in [1.807, 2.05) is 6.92 Å². The minimum Gasteiger partial charge on any atom is -0.398 e. The molecule has 1 aromatic carbocycles. The fourth-order valence-electron chi connectivity index (χ4n) is 1.50. The molecule has 0 aliphatic heterocycles. The second-order valence-corrected chi connectivity index (χ2v) is 4.10. The molecule has 74 valence electrons. The van der Waals surface area contributed by atoms with Gasteiger partial charge in [0.25, 0.3) is 6.43 Å². The molecule has 0 radical (unpaired) electrons. The van der Waals surface area contributed by atoms with Crippen LogP contribution in [0.3, 0.4) is 0 Å². The summed E-state index contributed by atoms with van der Waals surface area (Å²) < 4.78 is 25.9. The van der Waals surface area contributed by atoms with Gasteiger partial charge in [-0.1, -0.05) is 0 Å². The van der Waals surface area contributed by atoms with E-state index in [1.165, 1.54) is 16.7 Å². The topological polar surface area (TPSA) is 26.0 Å². The van der Waals surface area contributed by atoms with Gasteiger partial charge in [0, 0.05) is 22.0 Å². The Labute approximate surface area is 84.2 Å². The summed E-state index contributed by atoms with van der Waals surface area (Å²) in [4.78, 5) is 0. The highest BCUT2D eigenvalue weighted by molar-refractivity contribution is 7.18. The first kappa shape index (κ1) is 9.40. The Morgan fingerprint density at radius 3 is 2.71 bits per heavy atom. The van der Waals surface area contributed by atoms with E-state index in [1.54, 1.807) is 12.1 Å². The fraction of sp³-hybridized carbons (Fsp3) is 0.200. The SMILES string of the molecule is Cc1cc(N)c2scc(C(F)F)c2c1. The first-order valence-electron chi connectivity index (χ1n) is 4.15. The Hall–Kier alpha value is -1.16. The summed E-state index contributed by atoms with van der Waals surface area (Å²) >= 11 is 1.27. The number of thiophene rings is 1. The minimum absolute atomic E-state index is 0.0837. The molecule has 0 saturated heterocycles. The number of hydrogen-bond acceptors (Lipinski definition) is 2. The predicted molar refractivity (Wildman–Crippen MR) is 55.9 cm³/mol. The number of aryl methyl sites for hydroxylation is 1. The fourth-order valence-corrected chi connectivity index (χ4v) is 2.48. The quantitative estimate of drug-likeness (QED) is 0.717. The van der Waals surface area contributed by atoms with Crippen molar-refractivity contribution in [1.29, 1.82) is 0 Å². The number of anilines is 1. The molecule has 0 aliphatic carbocycles. The summed E-state index contributed by atoms with van der Waals surface area (Å²) in [5.74, 6) is 0. The molecule has 0 saturated carbocycles. The molecule has 0 fully saturated rings. The number of halogens is 2. The van der Waals surface area contributed by atoms with Crippen LogP contribution in [0, 0.1) is 6.92 Å². The van der Waals surface area contributed by atoms with E-state index in [4.69, 9.17) is 5.73 Å². The Bertz CT molecular complexity index is 476. The van der Waals surface area contributed by atoms with E-state index in [0.717, 1.165) is 10.3 Å². The molecule has 1 nitrogen and oxygen atoms in total. The molecular formula is C10H9F2NS. The maximum atomic E-state index is 12.6. The van der Waals surface area contributed by atoms with Crippen molar-refractivity contribution in [3.05, 3.63) is 28.6 Å². The normalized spacial score (nSPS) is 11.4. The van der Waals surface area contributed by atoms with Gasteiger partial charge in [0.15, 0.2) is 0 Å². The van der Waals surface area contributed by atoms with Gasteiger partial charge in [-0.15, -0.1) is 11.3 Å². The average molecular weight is 213 g/mol. The van der Waals surface area contributed by atoms with Crippen LogP contribution in [-0.4, -0.2) is 0 Å². The molecule has 1 heterocycles. The number of hydrogen-bond donors (Lipinski definition) is 1. The van der Waals surface area contributed by atoms with Crippen molar-refractivity contribution in [1.82, 2.24) is 0 Å². The molecule has 14 heavy (non-hydrogen) atoms. The standard InChI is InChI=1S/C10H9F2NS/c1-5-2-6-7(10(11)12)4-14-9(6)8(13)3-5/h2-4,10H,13H2,1H3. The minimum atomic E-state index is -2.43. The van der Waals surface area contributed by atoms with Gasteiger partial charge < -0.3 is 5.73 Å². The molecule has 2 N–H and O–H groups in total. The van der Waals surface area contributed by atoms with E-state index < -0.39 is 6.43 Å². The first-order chi connectivity index (χ1) is 6.59. The third kappa shape index (κ3) is 1.35. The number of alkyl halides is 2. The number of rotatable bonds is 1. The Kier molecular flexibility index (Phi) is 2.15. The zero-order chi connectivity index (χ0) is 10.3. The van der Waals surface area contributed by atoms with Crippen LogP contribution in [0.4, 0.5) is 14.5 Å². The summed E-state index contributed by atoms with van der Waals surface area (Å²) in [5, 5.41) is 2.06. The van der Waals surface area contributed by atoms with E-state index in [0.29, 0.717) is 11.1 Å². The highest BCUT2D eigenvalue weighted by atomic mass is 32.1. The lowest BCUT2D eigenvalue weighted by Gasteiger charge is -2.01. The lowest BCUT2D eigenvalue weighted by Crippen LogP contribution is -1.87. The van der Waals surface area contributed by atoms with Gasteiger partial charge in [0.2, 0.25) is 0 Å². The van der Waals surface area contributed by atoms with Crippen LogP contribution >= 0.6 is 11.3 Å². The zero-order valence-electron chi connectivity index (χ0n) is 7.55. The maximum Gasteiger partial charge on any atom is 0.265 e. The third-order valence-corrected chi connectivity index (χ3v) is 3.17. The molecule has 0 spiro atoms. The van der Waals surface area contributed by atoms with Gasteiger partial charge in [-0.3, -0.25) is 0 Å². The summed E-state index contributed by atoms with van der Waals surface area (Å²) in [6.07, 6.45) is -2.43. The summed E-state index contributed by atoms with van der Waals surface area (Å²) in [7, 11) is 0. The van der Waals surface area contributed by atoms with Gasteiger partial charge in [-0.05, 0) is 24.6 Å². The molecule has 0 aliphatic rings. The van der Waals surface area contributed by atoms with Crippen molar-refractivity contribution in [3.63, 3.8) is 0 Å². The van der Waals surface area contributed by atoms with Crippen molar-refractivity contribution < 1.29 is 8.78 Å². The van der Waals surface area contributed by atoms with Crippen LogP contribution in [-0.2, 0) is 0 Å². The van der Waals surface area contributed by atoms with E-state index >= 15 is 0 Å². The lowest BCUT2D eigenvalue weighted by molar-refractivity contribution is 0.153. The molecule has 4 heteroatoms. The predicted octanol–water partition coefficient (Wildman–Crippen LogP) is 3.73. The second-order valence-electron chi connectivity index (χ2n) is 3.22. The Morgan fingerprint density at radius 1 is 1.36 bits per heavy atom. The van der Waals surface area contributed by atoms with Crippen LogP contribution in [0.25, 0.3) is 10.1 Å². The lowest BCUT2D eigenvalue weighted by atomic mass is 10.1. The molecule has 0 amide bonds. The maximum absolute atomic E-state index is 12.6. The molecule has 0 bridgehead atoms. The average Bonchev–Trinajstić information content (AvgIpc) is 2.47. The highest BCUT2D eigenvalue weighted by Gasteiger charge is 2.14. The van der Waals surface area contributed by atoms with Crippen molar-refractivity contribution in [2.45, 2.75) is 13.3 Å². The van der Waals surface area contributed by atoms with Gasteiger partial charge in [0.05, 0.1) is 4.70 Å². The first-order valence-corrected chi connectivity index (χ1v) is 5.03. The van der Waals surface area contributed by atoms with Gasteiger partial charge in [0.1, 0.15) is 0 Å². The largest absolute Gasteiger partial charge is 0.398 e. The molecule has 0 unspecified atom stereocenters. The van der Waals surface area contributed by atoms with Crippen LogP contribution in [0.1, 0.15) is 17.6 Å². The summed E-state index contributed by atoms with van der Waals surface area (Å²) in [6.45, 7) is 1.85. The zero-order valence-corrected chi connectivity index (χ0v) is 8.37. The van der Waals surface area contributed by atoms with Gasteiger partial charge >= 0.3 is 0 Å². The number of benzene rings is 1.